The van der Waals surface area contributed by atoms with E-state index in [0.717, 1.165) is 20.3 Å². The number of nitrogens with one attached hydrogen (secondary N) is 3. The minimum Gasteiger partial charge on any atom is -0.321 e. The Labute approximate surface area is 253 Å². The predicted octanol–water partition coefficient (Wildman–Crippen LogP) is 7.46. The molecule has 7 nitrogen and oxygen atoms in total. The van der Waals surface area contributed by atoms with Gasteiger partial charge < -0.3 is 16.0 Å². The number of thiophene rings is 2. The first kappa shape index (κ1) is 28.5. The van der Waals surface area contributed by atoms with Gasteiger partial charge in [0.15, 0.2) is 5.13 Å². The van der Waals surface area contributed by atoms with Crippen molar-refractivity contribution >= 4 is 80.4 Å². The number of aromatic nitrogens is 1. The highest BCUT2D eigenvalue weighted by molar-refractivity contribution is 8.00. The van der Waals surface area contributed by atoms with Crippen molar-refractivity contribution in [3.05, 3.63) is 111 Å². The van der Waals surface area contributed by atoms with Crippen LogP contribution in [0.1, 0.15) is 22.2 Å². The van der Waals surface area contributed by atoms with Gasteiger partial charge in [0, 0.05) is 26.4 Å². The fraction of sp³-hybridized carbons (Fsp3) is 0.0667. The first-order chi connectivity index (χ1) is 19.9. The van der Waals surface area contributed by atoms with Crippen LogP contribution in [0.4, 0.5) is 10.8 Å². The quantitative estimate of drug-likeness (QED) is 0.112. The molecular weight excluding hydrogens is 593 g/mol. The number of carbonyl (C=O) groups excluding carboxylic acids is 3. The largest absolute Gasteiger partial charge is 0.321 e. The zero-order valence-corrected chi connectivity index (χ0v) is 25.0. The van der Waals surface area contributed by atoms with Crippen molar-refractivity contribution in [1.82, 2.24) is 10.3 Å². The van der Waals surface area contributed by atoms with E-state index in [1.54, 1.807) is 53.8 Å². The minimum atomic E-state index is -0.443. The zero-order valence-electron chi connectivity index (χ0n) is 21.7. The fourth-order valence-electron chi connectivity index (χ4n) is 3.61. The van der Waals surface area contributed by atoms with Gasteiger partial charge in [0.2, 0.25) is 5.91 Å². The van der Waals surface area contributed by atoms with E-state index in [1.807, 2.05) is 65.5 Å². The highest BCUT2D eigenvalue weighted by atomic mass is 32.2. The lowest BCUT2D eigenvalue weighted by atomic mass is 10.2. The summed E-state index contributed by atoms with van der Waals surface area (Å²) in [5.74, 6) is -0.957. The third-order valence-corrected chi connectivity index (χ3v) is 9.24. The molecule has 5 aromatic rings. The normalized spacial score (nSPS) is 12.0. The van der Waals surface area contributed by atoms with Crippen LogP contribution in [0.25, 0.3) is 16.6 Å². The monoisotopic (exact) mass is 616 g/mol. The Morgan fingerprint density at radius 2 is 1.61 bits per heavy atom. The maximum Gasteiger partial charge on any atom is 0.272 e. The lowest BCUT2D eigenvalue weighted by molar-refractivity contribution is -0.115. The van der Waals surface area contributed by atoms with Crippen LogP contribution in [-0.4, -0.2) is 28.0 Å². The van der Waals surface area contributed by atoms with Gasteiger partial charge in [-0.15, -0.1) is 45.8 Å². The van der Waals surface area contributed by atoms with Crippen molar-refractivity contribution in [3.8, 4) is 10.6 Å². The van der Waals surface area contributed by atoms with E-state index in [-0.39, 0.29) is 22.8 Å². The number of rotatable bonds is 10. The molecule has 3 amide bonds. The van der Waals surface area contributed by atoms with Crippen molar-refractivity contribution in [2.75, 3.05) is 10.6 Å². The summed E-state index contributed by atoms with van der Waals surface area (Å²) in [7, 11) is 0. The zero-order chi connectivity index (χ0) is 28.6. The van der Waals surface area contributed by atoms with E-state index >= 15 is 0 Å². The SMILES string of the molecule is CC(Sc1ccc(NC(=O)/C(=C/c2cccs2)NC(=O)c2ccccc2)cc1)C(=O)Nc1nc(-c2cccs2)cs1. The van der Waals surface area contributed by atoms with Crippen molar-refractivity contribution < 1.29 is 14.4 Å². The molecule has 0 bridgehead atoms. The molecule has 206 valence electrons. The van der Waals surface area contributed by atoms with Gasteiger partial charge in [-0.1, -0.05) is 30.3 Å². The number of nitrogens with zero attached hydrogens (tertiary/aromatic N) is 1. The Balaban J connectivity index is 1.19. The molecule has 2 aromatic carbocycles. The molecule has 0 saturated carbocycles. The smallest absolute Gasteiger partial charge is 0.272 e. The standard InChI is InChI=1S/C30H24N4O3S4/c1-19(27(35)34-30-33-25(18-40-30)26-10-6-16-39-26)41-22-13-11-21(12-14-22)31-29(37)24(17-23-9-5-15-38-23)32-28(36)20-7-3-2-4-8-20/h2-19H,1H3,(H,31,37)(H,32,36)(H,33,34,35)/b24-17-. The lowest BCUT2D eigenvalue weighted by Gasteiger charge is -2.13. The number of hydrogen-bond donors (Lipinski definition) is 3. The first-order valence-corrected chi connectivity index (χ1v) is 16.0. The topological polar surface area (TPSA) is 100 Å². The third-order valence-electron chi connectivity index (χ3n) is 5.66. The Morgan fingerprint density at radius 1 is 0.854 bits per heavy atom. The molecule has 0 aliphatic heterocycles. The molecule has 3 heterocycles. The second kappa shape index (κ2) is 13.6. The van der Waals surface area contributed by atoms with Gasteiger partial charge in [0.05, 0.1) is 15.8 Å². The van der Waals surface area contributed by atoms with Crippen LogP contribution in [0, 0.1) is 0 Å². The van der Waals surface area contributed by atoms with Gasteiger partial charge in [-0.05, 0) is 72.3 Å². The van der Waals surface area contributed by atoms with Crippen LogP contribution in [0.2, 0.25) is 0 Å². The van der Waals surface area contributed by atoms with Gasteiger partial charge in [-0.2, -0.15) is 0 Å². The molecule has 0 saturated heterocycles. The Hall–Kier alpha value is -4.03. The van der Waals surface area contributed by atoms with Gasteiger partial charge in [0.1, 0.15) is 5.70 Å². The molecule has 0 aliphatic rings. The molecule has 3 aromatic heterocycles. The maximum absolute atomic E-state index is 13.2. The molecule has 1 unspecified atom stereocenters. The van der Waals surface area contributed by atoms with Gasteiger partial charge in [0.25, 0.3) is 11.8 Å². The van der Waals surface area contributed by atoms with E-state index in [0.29, 0.717) is 16.4 Å². The average molecular weight is 617 g/mol. The molecule has 3 N–H and O–H groups in total. The summed E-state index contributed by atoms with van der Waals surface area (Å²) in [5, 5.41) is 14.5. The second-order valence-electron chi connectivity index (χ2n) is 8.64. The van der Waals surface area contributed by atoms with Crippen LogP contribution in [0.5, 0.6) is 0 Å². The number of carbonyl (C=O) groups is 3. The molecule has 41 heavy (non-hydrogen) atoms. The predicted molar refractivity (Wildman–Crippen MR) is 171 cm³/mol. The van der Waals surface area contributed by atoms with Gasteiger partial charge in [-0.25, -0.2) is 4.98 Å². The second-order valence-corrected chi connectivity index (χ2v) is 12.8. The number of hydrogen-bond acceptors (Lipinski definition) is 8. The molecule has 1 atom stereocenters. The third kappa shape index (κ3) is 7.80. The number of anilines is 2. The van der Waals surface area contributed by atoms with Crippen LogP contribution in [0.15, 0.2) is 106 Å². The summed E-state index contributed by atoms with van der Waals surface area (Å²) in [6.07, 6.45) is 1.65. The van der Waals surface area contributed by atoms with E-state index < -0.39 is 5.91 Å². The number of benzene rings is 2. The molecular formula is C30H24N4O3S4. The number of thioether (sulfide) groups is 1. The van der Waals surface area contributed by atoms with E-state index in [1.165, 1.54) is 34.4 Å². The summed E-state index contributed by atoms with van der Waals surface area (Å²) in [6.45, 7) is 1.83. The Morgan fingerprint density at radius 3 is 2.32 bits per heavy atom. The molecule has 11 heteroatoms. The molecule has 0 aliphatic carbocycles. The Bertz CT molecular complexity index is 1650. The van der Waals surface area contributed by atoms with Crippen molar-refractivity contribution in [3.63, 3.8) is 0 Å². The number of thiazole rings is 1. The molecule has 0 spiro atoms. The van der Waals surface area contributed by atoms with Gasteiger partial charge >= 0.3 is 0 Å². The van der Waals surface area contributed by atoms with Crippen LogP contribution in [-0.2, 0) is 9.59 Å². The van der Waals surface area contributed by atoms with Crippen molar-refractivity contribution in [1.29, 1.82) is 0 Å². The fourth-order valence-corrected chi connectivity index (χ4v) is 6.61. The van der Waals surface area contributed by atoms with E-state index in [4.69, 9.17) is 0 Å². The van der Waals surface area contributed by atoms with Crippen molar-refractivity contribution in [2.45, 2.75) is 17.1 Å². The summed E-state index contributed by atoms with van der Waals surface area (Å²) >= 11 is 5.87. The minimum absolute atomic E-state index is 0.134. The maximum atomic E-state index is 13.2. The summed E-state index contributed by atoms with van der Waals surface area (Å²) in [5.41, 5.74) is 2.00. The summed E-state index contributed by atoms with van der Waals surface area (Å²) in [6, 6.07) is 23.7. The summed E-state index contributed by atoms with van der Waals surface area (Å²) in [4.78, 5) is 45.9. The molecule has 0 fully saturated rings. The first-order valence-electron chi connectivity index (χ1n) is 12.4. The Kier molecular flexibility index (Phi) is 9.42. The van der Waals surface area contributed by atoms with Gasteiger partial charge in [-0.3, -0.25) is 14.4 Å². The van der Waals surface area contributed by atoms with Crippen LogP contribution in [0.3, 0.4) is 0 Å². The van der Waals surface area contributed by atoms with E-state index in [2.05, 4.69) is 20.9 Å². The average Bonchev–Trinajstić information content (AvgIpc) is 3.78. The van der Waals surface area contributed by atoms with E-state index in [9.17, 15) is 14.4 Å². The van der Waals surface area contributed by atoms with Crippen LogP contribution >= 0.6 is 45.8 Å². The highest BCUT2D eigenvalue weighted by Gasteiger charge is 2.18. The molecule has 0 radical (unpaired) electrons. The van der Waals surface area contributed by atoms with Crippen LogP contribution < -0.4 is 16.0 Å². The van der Waals surface area contributed by atoms with Crippen molar-refractivity contribution in [2.24, 2.45) is 0 Å². The highest BCUT2D eigenvalue weighted by Crippen LogP contribution is 2.30. The lowest BCUT2D eigenvalue weighted by Crippen LogP contribution is -2.30. The number of amides is 3. The molecule has 5 rings (SSSR count). The summed E-state index contributed by atoms with van der Waals surface area (Å²) < 4.78 is 0.